The molecule has 6 nitrogen and oxygen atoms in total. The summed E-state index contributed by atoms with van der Waals surface area (Å²) in [7, 11) is -1.67. The van der Waals surface area contributed by atoms with Crippen molar-refractivity contribution in [3.63, 3.8) is 0 Å². The highest BCUT2D eigenvalue weighted by Gasteiger charge is 2.25. The number of nitrogens with zero attached hydrogens (tertiary/aromatic N) is 1. The van der Waals surface area contributed by atoms with Crippen molar-refractivity contribution in [2.24, 2.45) is 0 Å². The van der Waals surface area contributed by atoms with E-state index < -0.39 is 21.7 Å². The van der Waals surface area contributed by atoms with E-state index in [9.17, 15) is 17.6 Å². The number of hydrogen-bond acceptors (Lipinski definition) is 4. The second-order valence-corrected chi connectivity index (χ2v) is 8.05. The minimum absolute atomic E-state index is 0.00482. The molecular formula is C15H13BrClFN2O4S. The number of nitrogens with one attached hydrogen (secondary N) is 1. The van der Waals surface area contributed by atoms with Gasteiger partial charge in [0.25, 0.3) is 15.9 Å². The molecule has 25 heavy (non-hydrogen) atoms. The molecule has 10 heteroatoms. The van der Waals surface area contributed by atoms with Gasteiger partial charge in [0.2, 0.25) is 0 Å². The zero-order valence-corrected chi connectivity index (χ0v) is 16.2. The zero-order chi connectivity index (χ0) is 18.8. The Morgan fingerprint density at radius 1 is 1.28 bits per heavy atom. The van der Waals surface area contributed by atoms with Crippen LogP contribution in [0, 0.1) is 5.82 Å². The van der Waals surface area contributed by atoms with Crippen LogP contribution in [0.15, 0.2) is 45.8 Å². The molecular weight excluding hydrogens is 439 g/mol. The number of rotatable bonds is 5. The highest BCUT2D eigenvalue weighted by Crippen LogP contribution is 2.26. The smallest absolute Gasteiger partial charge is 0.266 e. The molecule has 0 fully saturated rings. The van der Waals surface area contributed by atoms with Crippen LogP contribution in [-0.4, -0.2) is 33.0 Å². The fourth-order valence-corrected chi connectivity index (χ4v) is 3.67. The van der Waals surface area contributed by atoms with Crippen LogP contribution < -0.4 is 5.32 Å². The molecule has 0 heterocycles. The lowest BCUT2D eigenvalue weighted by molar-refractivity contribution is -0.0258. The van der Waals surface area contributed by atoms with E-state index in [1.165, 1.54) is 38.4 Å². The van der Waals surface area contributed by atoms with Crippen LogP contribution in [0.3, 0.4) is 0 Å². The lowest BCUT2D eigenvalue weighted by Crippen LogP contribution is -2.26. The van der Waals surface area contributed by atoms with E-state index in [4.69, 9.17) is 11.6 Å². The van der Waals surface area contributed by atoms with Crippen molar-refractivity contribution in [3.8, 4) is 0 Å². The molecule has 0 bridgehead atoms. The quantitative estimate of drug-likeness (QED) is 0.704. The van der Waals surface area contributed by atoms with Gasteiger partial charge in [-0.1, -0.05) is 32.0 Å². The summed E-state index contributed by atoms with van der Waals surface area (Å²) in [4.78, 5) is 16.7. The monoisotopic (exact) mass is 450 g/mol. The van der Waals surface area contributed by atoms with Crippen LogP contribution in [0.4, 0.5) is 10.1 Å². The summed E-state index contributed by atoms with van der Waals surface area (Å²) >= 11 is 9.05. The molecule has 0 spiro atoms. The number of sulfonamides is 1. The van der Waals surface area contributed by atoms with Crippen LogP contribution in [0.25, 0.3) is 0 Å². The molecule has 0 aliphatic rings. The van der Waals surface area contributed by atoms with E-state index >= 15 is 0 Å². The SMILES string of the molecule is CON(C)S(=O)(=O)c1cc(C(=O)Nc2ccc(Br)cc2F)ccc1Cl. The Balaban J connectivity index is 2.37. The molecule has 0 saturated carbocycles. The first-order valence-electron chi connectivity index (χ1n) is 6.76. The van der Waals surface area contributed by atoms with E-state index in [1.54, 1.807) is 6.07 Å². The van der Waals surface area contributed by atoms with Crippen molar-refractivity contribution < 1.29 is 22.4 Å². The highest BCUT2D eigenvalue weighted by molar-refractivity contribution is 9.10. The molecule has 134 valence electrons. The lowest BCUT2D eigenvalue weighted by atomic mass is 10.2. The highest BCUT2D eigenvalue weighted by atomic mass is 79.9. The third kappa shape index (κ3) is 4.36. The number of carbonyl (C=O) groups excluding carboxylic acids is 1. The summed E-state index contributed by atoms with van der Waals surface area (Å²) in [6.07, 6.45) is 0. The van der Waals surface area contributed by atoms with E-state index in [0.717, 1.165) is 6.07 Å². The predicted octanol–water partition coefficient (Wildman–Crippen LogP) is 3.68. The van der Waals surface area contributed by atoms with Crippen molar-refractivity contribution in [3.05, 3.63) is 57.3 Å². The van der Waals surface area contributed by atoms with Gasteiger partial charge in [-0.05, 0) is 36.4 Å². The molecule has 0 atom stereocenters. The maximum Gasteiger partial charge on any atom is 0.266 e. The van der Waals surface area contributed by atoms with Gasteiger partial charge in [0.05, 0.1) is 17.8 Å². The Kier molecular flexibility index (Phi) is 6.17. The van der Waals surface area contributed by atoms with Gasteiger partial charge in [-0.2, -0.15) is 0 Å². The third-order valence-corrected chi connectivity index (χ3v) is 5.90. The normalized spacial score (nSPS) is 11.6. The number of benzene rings is 2. The summed E-state index contributed by atoms with van der Waals surface area (Å²) in [5, 5.41) is 2.30. The van der Waals surface area contributed by atoms with E-state index in [1.807, 2.05) is 0 Å². The van der Waals surface area contributed by atoms with Crippen molar-refractivity contribution in [1.29, 1.82) is 0 Å². The van der Waals surface area contributed by atoms with Gasteiger partial charge in [-0.15, -0.1) is 0 Å². The molecule has 0 aliphatic carbocycles. The van der Waals surface area contributed by atoms with Crippen molar-refractivity contribution in [1.82, 2.24) is 4.47 Å². The Labute approximate surface area is 157 Å². The second-order valence-electron chi connectivity index (χ2n) is 4.82. The lowest BCUT2D eigenvalue weighted by Gasteiger charge is -2.16. The van der Waals surface area contributed by atoms with Crippen molar-refractivity contribution in [2.75, 3.05) is 19.5 Å². The van der Waals surface area contributed by atoms with Gasteiger partial charge < -0.3 is 5.32 Å². The first-order chi connectivity index (χ1) is 11.7. The summed E-state index contributed by atoms with van der Waals surface area (Å²) in [5.41, 5.74) is -0.0450. The van der Waals surface area contributed by atoms with Gasteiger partial charge in [-0.3, -0.25) is 9.63 Å². The van der Waals surface area contributed by atoms with Crippen molar-refractivity contribution >= 4 is 49.1 Å². The Bertz CT molecular complexity index is 924. The standard InChI is InChI=1S/C15H13BrClFN2O4S/c1-20(24-2)25(22,23)14-7-9(3-5-11(14)17)15(21)19-13-6-4-10(16)8-12(13)18/h3-8H,1-2H3,(H,19,21). The van der Waals surface area contributed by atoms with Crippen LogP contribution in [-0.2, 0) is 14.9 Å². The van der Waals surface area contributed by atoms with Gasteiger partial charge in [0, 0.05) is 17.1 Å². The Morgan fingerprint density at radius 3 is 2.56 bits per heavy atom. The van der Waals surface area contributed by atoms with Gasteiger partial charge in [-0.25, -0.2) is 12.8 Å². The molecule has 0 aliphatic heterocycles. The van der Waals surface area contributed by atoms with Gasteiger partial charge >= 0.3 is 0 Å². The molecule has 1 N–H and O–H groups in total. The molecule has 0 radical (unpaired) electrons. The van der Waals surface area contributed by atoms with Crippen LogP contribution >= 0.6 is 27.5 Å². The summed E-state index contributed by atoms with van der Waals surface area (Å²) in [6.45, 7) is 0. The molecule has 2 aromatic carbocycles. The molecule has 1 amide bonds. The number of hydroxylamine groups is 1. The number of halogens is 3. The first kappa shape index (κ1) is 19.8. The molecule has 2 aromatic rings. The maximum absolute atomic E-state index is 13.8. The molecule has 2 rings (SSSR count). The minimum atomic E-state index is -4.04. The average Bonchev–Trinajstić information content (AvgIpc) is 2.56. The number of hydrogen-bond donors (Lipinski definition) is 1. The second kappa shape index (κ2) is 7.79. The predicted molar refractivity (Wildman–Crippen MR) is 95.5 cm³/mol. The topological polar surface area (TPSA) is 75.7 Å². The maximum atomic E-state index is 13.8. The Morgan fingerprint density at radius 2 is 1.96 bits per heavy atom. The fraction of sp³-hybridized carbons (Fsp3) is 0.133. The fourth-order valence-electron chi connectivity index (χ4n) is 1.86. The average molecular weight is 452 g/mol. The number of carbonyl (C=O) groups is 1. The van der Waals surface area contributed by atoms with Crippen molar-refractivity contribution in [2.45, 2.75) is 4.90 Å². The van der Waals surface area contributed by atoms with Crippen LogP contribution in [0.5, 0.6) is 0 Å². The van der Waals surface area contributed by atoms with Gasteiger partial charge in [0.15, 0.2) is 0 Å². The summed E-state index contributed by atoms with van der Waals surface area (Å²) in [6, 6.07) is 7.83. The third-order valence-electron chi connectivity index (χ3n) is 3.25. The molecule has 0 unspecified atom stereocenters. The minimum Gasteiger partial charge on any atom is -0.319 e. The summed E-state index contributed by atoms with van der Waals surface area (Å²) in [5.74, 6) is -1.32. The number of anilines is 1. The van der Waals surface area contributed by atoms with E-state index in [2.05, 4.69) is 26.1 Å². The molecule has 0 saturated heterocycles. The largest absolute Gasteiger partial charge is 0.319 e. The van der Waals surface area contributed by atoms with Crippen LogP contribution in [0.2, 0.25) is 5.02 Å². The summed E-state index contributed by atoms with van der Waals surface area (Å²) < 4.78 is 39.6. The molecule has 0 aromatic heterocycles. The number of amides is 1. The first-order valence-corrected chi connectivity index (χ1v) is 9.37. The Hall–Kier alpha value is -1.52. The van der Waals surface area contributed by atoms with E-state index in [-0.39, 0.29) is 21.2 Å². The zero-order valence-electron chi connectivity index (χ0n) is 13.1. The van der Waals surface area contributed by atoms with Gasteiger partial charge in [0.1, 0.15) is 10.7 Å². The van der Waals surface area contributed by atoms with Crippen LogP contribution in [0.1, 0.15) is 10.4 Å². The van der Waals surface area contributed by atoms with E-state index in [0.29, 0.717) is 8.94 Å².